The molecule has 4 rings (SSSR count). The van der Waals surface area contributed by atoms with Crippen LogP contribution in [-0.4, -0.2) is 33.5 Å². The molecule has 6 heteroatoms. The van der Waals surface area contributed by atoms with E-state index in [0.717, 1.165) is 37.7 Å². The second-order valence-electron chi connectivity index (χ2n) is 6.71. The number of carboxylic acid groups (broad SMARTS) is 1. The minimum Gasteiger partial charge on any atom is -0.465 e. The van der Waals surface area contributed by atoms with E-state index >= 15 is 0 Å². The van der Waals surface area contributed by atoms with Gasteiger partial charge in [0, 0.05) is 18.0 Å². The van der Waals surface area contributed by atoms with Gasteiger partial charge in [-0.2, -0.15) is 0 Å². The molecule has 1 N–H and O–H groups in total. The number of hydrogen-bond acceptors (Lipinski definition) is 2. The van der Waals surface area contributed by atoms with E-state index in [9.17, 15) is 14.7 Å². The quantitative estimate of drug-likeness (QED) is 0.650. The largest absolute Gasteiger partial charge is 0.465 e. The molecule has 3 atom stereocenters. The third kappa shape index (κ3) is 2.29. The second kappa shape index (κ2) is 5.41. The van der Waals surface area contributed by atoms with Crippen molar-refractivity contribution in [1.29, 1.82) is 0 Å². The fourth-order valence-corrected chi connectivity index (χ4v) is 4.70. The Balaban J connectivity index is 1.86. The van der Waals surface area contributed by atoms with Crippen molar-refractivity contribution in [2.24, 2.45) is 5.92 Å². The van der Waals surface area contributed by atoms with Gasteiger partial charge >= 0.3 is 11.5 Å². The Hall–Kier alpha value is -1.75. The Labute approximate surface area is 139 Å². The summed E-state index contributed by atoms with van der Waals surface area (Å²) in [4.78, 5) is 27.3. The van der Waals surface area contributed by atoms with Crippen molar-refractivity contribution in [2.45, 2.75) is 50.2 Å². The highest BCUT2D eigenvalue weighted by Gasteiger charge is 2.51. The molecule has 122 valence electrons. The Kier molecular flexibility index (Phi) is 3.48. The zero-order valence-corrected chi connectivity index (χ0v) is 13.4. The molecule has 3 aliphatic rings. The highest BCUT2D eigenvalue weighted by atomic mass is 35.5. The van der Waals surface area contributed by atoms with Crippen molar-refractivity contribution in [3.8, 4) is 0 Å². The summed E-state index contributed by atoms with van der Waals surface area (Å²) in [5, 5.41) is 9.29. The fourth-order valence-electron chi connectivity index (χ4n) is 4.46. The molecular formula is C17H19ClN2O3. The van der Waals surface area contributed by atoms with Crippen LogP contribution < -0.4 is 4.90 Å². The Morgan fingerprint density at radius 3 is 2.57 bits per heavy atom. The van der Waals surface area contributed by atoms with Crippen molar-refractivity contribution >= 4 is 28.7 Å². The SMILES string of the molecule is O=C(O)N1c2ccccc2C(N(C(=O)Cl)C2CC2)C2CCCC21. The van der Waals surface area contributed by atoms with Crippen LogP contribution in [0.1, 0.15) is 43.7 Å². The summed E-state index contributed by atoms with van der Waals surface area (Å²) in [6, 6.07) is 7.58. The van der Waals surface area contributed by atoms with Crippen molar-refractivity contribution in [3.63, 3.8) is 0 Å². The first kappa shape index (κ1) is 14.8. The smallest absolute Gasteiger partial charge is 0.412 e. The number of hydrogen-bond donors (Lipinski definition) is 1. The van der Waals surface area contributed by atoms with Gasteiger partial charge in [0.15, 0.2) is 0 Å². The third-order valence-corrected chi connectivity index (χ3v) is 5.63. The van der Waals surface area contributed by atoms with Gasteiger partial charge in [0.05, 0.1) is 11.7 Å². The van der Waals surface area contributed by atoms with Crippen LogP contribution in [0.4, 0.5) is 15.3 Å². The number of amides is 2. The van der Waals surface area contributed by atoms with E-state index < -0.39 is 11.5 Å². The molecule has 2 fully saturated rings. The average Bonchev–Trinajstić information content (AvgIpc) is 3.22. The molecule has 5 nitrogen and oxygen atoms in total. The highest BCUT2D eigenvalue weighted by molar-refractivity contribution is 6.62. The van der Waals surface area contributed by atoms with Gasteiger partial charge in [-0.15, -0.1) is 0 Å². The summed E-state index contributed by atoms with van der Waals surface area (Å²) in [7, 11) is 0. The monoisotopic (exact) mass is 334 g/mol. The topological polar surface area (TPSA) is 60.9 Å². The standard InChI is InChI=1S/C17H19ClN2O3/c18-16(21)19(10-8-9-10)15-11-4-1-2-6-13(11)20(17(22)23)14-7-3-5-12(14)15/h1-2,4,6,10,12,14-15H,3,5,7-9H2,(H,22,23). The molecule has 0 bridgehead atoms. The van der Waals surface area contributed by atoms with Crippen LogP contribution in [-0.2, 0) is 0 Å². The summed E-state index contributed by atoms with van der Waals surface area (Å²) in [5.41, 5.74) is 1.62. The van der Waals surface area contributed by atoms with Crippen LogP contribution in [0.2, 0.25) is 0 Å². The number of para-hydroxylation sites is 1. The molecule has 0 radical (unpaired) electrons. The number of rotatable bonds is 2. The van der Waals surface area contributed by atoms with Crippen LogP contribution in [0, 0.1) is 5.92 Å². The normalized spacial score (nSPS) is 28.9. The molecule has 1 aliphatic heterocycles. The molecule has 23 heavy (non-hydrogen) atoms. The maximum absolute atomic E-state index is 12.1. The molecule has 3 unspecified atom stereocenters. The van der Waals surface area contributed by atoms with Crippen molar-refractivity contribution in [1.82, 2.24) is 4.90 Å². The first-order chi connectivity index (χ1) is 11.1. The molecule has 0 saturated heterocycles. The highest BCUT2D eigenvalue weighted by Crippen LogP contribution is 2.52. The van der Waals surface area contributed by atoms with Gasteiger partial charge in [0.25, 0.3) is 0 Å². The molecule has 2 saturated carbocycles. The van der Waals surface area contributed by atoms with Crippen LogP contribution in [0.15, 0.2) is 24.3 Å². The lowest BCUT2D eigenvalue weighted by molar-refractivity contribution is 0.145. The van der Waals surface area contributed by atoms with E-state index in [1.54, 1.807) is 0 Å². The minimum atomic E-state index is -0.914. The predicted octanol–water partition coefficient (Wildman–Crippen LogP) is 4.22. The lowest BCUT2D eigenvalue weighted by Gasteiger charge is -2.46. The zero-order valence-electron chi connectivity index (χ0n) is 12.7. The first-order valence-electron chi connectivity index (χ1n) is 8.18. The lowest BCUT2D eigenvalue weighted by atomic mass is 9.82. The number of nitrogens with zero attached hydrogens (tertiary/aromatic N) is 2. The van der Waals surface area contributed by atoms with Crippen molar-refractivity contribution in [2.75, 3.05) is 4.90 Å². The number of halogens is 1. The van der Waals surface area contributed by atoms with E-state index in [2.05, 4.69) is 0 Å². The van der Waals surface area contributed by atoms with E-state index in [4.69, 9.17) is 11.6 Å². The summed E-state index contributed by atoms with van der Waals surface area (Å²) in [6.45, 7) is 0. The lowest BCUT2D eigenvalue weighted by Crippen LogP contribution is -2.51. The Morgan fingerprint density at radius 1 is 1.17 bits per heavy atom. The maximum atomic E-state index is 12.1. The fraction of sp³-hybridized carbons (Fsp3) is 0.529. The molecule has 2 amide bonds. The van der Waals surface area contributed by atoms with Gasteiger partial charge in [-0.25, -0.2) is 4.79 Å². The maximum Gasteiger partial charge on any atom is 0.412 e. The van der Waals surface area contributed by atoms with E-state index in [-0.39, 0.29) is 24.0 Å². The Morgan fingerprint density at radius 2 is 1.91 bits per heavy atom. The van der Waals surface area contributed by atoms with Crippen LogP contribution in [0.25, 0.3) is 0 Å². The van der Waals surface area contributed by atoms with Gasteiger partial charge in [-0.3, -0.25) is 9.69 Å². The van der Waals surface area contributed by atoms with E-state index in [0.29, 0.717) is 5.69 Å². The molecule has 0 spiro atoms. The van der Waals surface area contributed by atoms with Gasteiger partial charge in [-0.05, 0) is 48.9 Å². The van der Waals surface area contributed by atoms with Crippen LogP contribution in [0.3, 0.4) is 0 Å². The van der Waals surface area contributed by atoms with E-state index in [1.165, 1.54) is 4.90 Å². The van der Waals surface area contributed by atoms with Crippen LogP contribution >= 0.6 is 11.6 Å². The van der Waals surface area contributed by atoms with Crippen molar-refractivity contribution in [3.05, 3.63) is 29.8 Å². The molecule has 2 aliphatic carbocycles. The molecule has 0 aromatic heterocycles. The number of anilines is 1. The molecule has 1 aromatic carbocycles. The van der Waals surface area contributed by atoms with Gasteiger partial charge in [-0.1, -0.05) is 24.6 Å². The minimum absolute atomic E-state index is 0.0651. The van der Waals surface area contributed by atoms with Gasteiger partial charge in [0.2, 0.25) is 0 Å². The Bertz CT molecular complexity index is 661. The number of fused-ring (bicyclic) bond motifs is 2. The summed E-state index contributed by atoms with van der Waals surface area (Å²) >= 11 is 5.93. The summed E-state index contributed by atoms with van der Waals surface area (Å²) < 4.78 is 0. The average molecular weight is 335 g/mol. The number of carbonyl (C=O) groups is 2. The molecular weight excluding hydrogens is 316 g/mol. The summed E-state index contributed by atoms with van der Waals surface area (Å²) in [6.07, 6.45) is 3.81. The van der Waals surface area contributed by atoms with E-state index in [1.807, 2.05) is 29.2 Å². The molecule has 1 heterocycles. The third-order valence-electron chi connectivity index (χ3n) is 5.43. The zero-order chi connectivity index (χ0) is 16.1. The second-order valence-corrected chi connectivity index (χ2v) is 7.03. The van der Waals surface area contributed by atoms with Crippen LogP contribution in [0.5, 0.6) is 0 Å². The summed E-state index contributed by atoms with van der Waals surface area (Å²) in [5.74, 6) is 0.129. The van der Waals surface area contributed by atoms with Gasteiger partial charge < -0.3 is 10.0 Å². The first-order valence-corrected chi connectivity index (χ1v) is 8.56. The predicted molar refractivity (Wildman–Crippen MR) is 86.9 cm³/mol. The molecule has 1 aromatic rings. The number of carbonyl (C=O) groups excluding carboxylic acids is 1. The van der Waals surface area contributed by atoms with Crippen molar-refractivity contribution < 1.29 is 14.7 Å². The van der Waals surface area contributed by atoms with Gasteiger partial charge in [0.1, 0.15) is 0 Å². The number of benzene rings is 1.